The summed E-state index contributed by atoms with van der Waals surface area (Å²) < 4.78 is 16.8. The second-order valence-electron chi connectivity index (χ2n) is 7.36. The van der Waals surface area contributed by atoms with Crippen LogP contribution < -0.4 is 15.2 Å². The van der Waals surface area contributed by atoms with E-state index < -0.39 is 0 Å². The summed E-state index contributed by atoms with van der Waals surface area (Å²) in [6.07, 6.45) is 4.84. The van der Waals surface area contributed by atoms with Gasteiger partial charge in [-0.2, -0.15) is 5.26 Å². The number of nitrogens with two attached hydrogens (primary N) is 1. The van der Waals surface area contributed by atoms with Gasteiger partial charge in [-0.25, -0.2) is 0 Å². The first-order valence-electron chi connectivity index (χ1n) is 9.94. The highest BCUT2D eigenvalue weighted by Crippen LogP contribution is 2.47. The van der Waals surface area contributed by atoms with Crippen LogP contribution in [0.15, 0.2) is 76.9 Å². The van der Waals surface area contributed by atoms with E-state index in [1.54, 1.807) is 14.2 Å². The molecule has 0 aromatic heterocycles. The monoisotopic (exact) mass is 400 g/mol. The quantitative estimate of drug-likeness (QED) is 0.778. The summed E-state index contributed by atoms with van der Waals surface area (Å²) in [6.45, 7) is 0. The minimum absolute atomic E-state index is 0.169. The normalized spacial score (nSPS) is 19.8. The number of nitriles is 1. The average Bonchev–Trinajstić information content (AvgIpc) is 2.78. The molecule has 5 nitrogen and oxygen atoms in total. The summed E-state index contributed by atoms with van der Waals surface area (Å²) in [5, 5.41) is 9.82. The number of benzene rings is 2. The van der Waals surface area contributed by atoms with E-state index in [4.69, 9.17) is 19.9 Å². The summed E-state index contributed by atoms with van der Waals surface area (Å²) in [4.78, 5) is 0. The van der Waals surface area contributed by atoms with Crippen LogP contribution in [-0.4, -0.2) is 14.2 Å². The second kappa shape index (κ2) is 8.38. The van der Waals surface area contributed by atoms with Crippen LogP contribution >= 0.6 is 0 Å². The van der Waals surface area contributed by atoms with E-state index in [1.807, 2.05) is 48.5 Å². The molecule has 5 heteroatoms. The highest BCUT2D eigenvalue weighted by atomic mass is 16.5. The minimum atomic E-state index is -0.233. The van der Waals surface area contributed by atoms with Gasteiger partial charge in [-0.3, -0.25) is 0 Å². The Hall–Kier alpha value is -3.65. The number of methoxy groups -OCH3 is 2. The molecule has 2 aromatic carbocycles. The molecule has 0 fully saturated rings. The Balaban J connectivity index is 1.82. The van der Waals surface area contributed by atoms with Crippen LogP contribution in [0.4, 0.5) is 0 Å². The molecule has 0 saturated heterocycles. The predicted octanol–water partition coefficient (Wildman–Crippen LogP) is 5.03. The largest absolute Gasteiger partial charge is 0.497 e. The molecule has 2 aliphatic rings. The third-order valence-corrected chi connectivity index (χ3v) is 5.57. The van der Waals surface area contributed by atoms with Crippen molar-refractivity contribution in [2.45, 2.75) is 25.2 Å². The number of allylic oxidation sites excluding steroid dienone is 3. The van der Waals surface area contributed by atoms with E-state index in [2.05, 4.69) is 12.1 Å². The smallest absolute Gasteiger partial charge is 0.205 e. The molecule has 2 aromatic rings. The van der Waals surface area contributed by atoms with E-state index >= 15 is 0 Å². The van der Waals surface area contributed by atoms with Crippen molar-refractivity contribution in [1.29, 1.82) is 5.26 Å². The number of hydrogen-bond donors (Lipinski definition) is 1. The van der Waals surface area contributed by atoms with Crippen molar-refractivity contribution in [3.8, 4) is 17.6 Å². The Morgan fingerprint density at radius 2 is 1.80 bits per heavy atom. The van der Waals surface area contributed by atoms with Gasteiger partial charge in [0.25, 0.3) is 0 Å². The Morgan fingerprint density at radius 3 is 2.53 bits per heavy atom. The van der Waals surface area contributed by atoms with Gasteiger partial charge in [0, 0.05) is 5.92 Å². The lowest BCUT2D eigenvalue weighted by atomic mass is 9.77. The van der Waals surface area contributed by atoms with E-state index in [1.165, 1.54) is 0 Å². The summed E-state index contributed by atoms with van der Waals surface area (Å²) in [5.41, 5.74) is 10.9. The van der Waals surface area contributed by atoms with Gasteiger partial charge < -0.3 is 19.9 Å². The third-order valence-electron chi connectivity index (χ3n) is 5.57. The lowest BCUT2D eigenvalue weighted by Crippen LogP contribution is -2.23. The fourth-order valence-electron chi connectivity index (χ4n) is 4.17. The summed E-state index contributed by atoms with van der Waals surface area (Å²) in [5.74, 6) is 2.28. The topological polar surface area (TPSA) is 77.5 Å². The number of hydrogen-bond acceptors (Lipinski definition) is 5. The van der Waals surface area contributed by atoms with Crippen molar-refractivity contribution in [3.05, 3.63) is 88.0 Å². The van der Waals surface area contributed by atoms with Crippen molar-refractivity contribution in [2.75, 3.05) is 14.2 Å². The van der Waals surface area contributed by atoms with Gasteiger partial charge in [0.1, 0.15) is 28.9 Å². The molecule has 152 valence electrons. The van der Waals surface area contributed by atoms with E-state index in [9.17, 15) is 5.26 Å². The first kappa shape index (κ1) is 19.7. The summed E-state index contributed by atoms with van der Waals surface area (Å²) in [6, 6.07) is 18.0. The van der Waals surface area contributed by atoms with Crippen LogP contribution in [0.1, 0.15) is 36.3 Å². The van der Waals surface area contributed by atoms with Gasteiger partial charge in [0.05, 0.1) is 14.2 Å². The van der Waals surface area contributed by atoms with Crippen molar-refractivity contribution < 1.29 is 14.2 Å². The second-order valence-corrected chi connectivity index (χ2v) is 7.36. The maximum Gasteiger partial charge on any atom is 0.205 e. The molecule has 0 radical (unpaired) electrons. The maximum absolute atomic E-state index is 9.82. The molecule has 0 amide bonds. The van der Waals surface area contributed by atoms with Gasteiger partial charge >= 0.3 is 0 Å². The fourth-order valence-corrected chi connectivity index (χ4v) is 4.17. The molecule has 1 atom stereocenters. The predicted molar refractivity (Wildman–Crippen MR) is 115 cm³/mol. The van der Waals surface area contributed by atoms with Crippen molar-refractivity contribution in [1.82, 2.24) is 0 Å². The SMILES string of the molecule is COc1cccc(/C=C2/CCCC3=C2OC(N)=C(C#N)[C@@H]3c2cccc(OC)c2)c1. The van der Waals surface area contributed by atoms with Gasteiger partial charge in [-0.1, -0.05) is 24.3 Å². The molecule has 0 bridgehead atoms. The van der Waals surface area contributed by atoms with Crippen molar-refractivity contribution in [2.24, 2.45) is 5.73 Å². The highest BCUT2D eigenvalue weighted by molar-refractivity contribution is 5.63. The Kier molecular flexibility index (Phi) is 5.49. The van der Waals surface area contributed by atoms with Crippen LogP contribution in [0.5, 0.6) is 11.5 Å². The molecular formula is C25H24N2O3. The summed E-state index contributed by atoms with van der Waals surface area (Å²) in [7, 11) is 3.30. The van der Waals surface area contributed by atoms with E-state index in [0.717, 1.165) is 58.8 Å². The van der Waals surface area contributed by atoms with Crippen LogP contribution in [0.2, 0.25) is 0 Å². The summed E-state index contributed by atoms with van der Waals surface area (Å²) >= 11 is 0. The highest BCUT2D eigenvalue weighted by Gasteiger charge is 2.35. The zero-order chi connectivity index (χ0) is 21.1. The maximum atomic E-state index is 9.82. The van der Waals surface area contributed by atoms with Crippen LogP contribution in [0.25, 0.3) is 6.08 Å². The standard InChI is InChI=1S/C25H24N2O3/c1-28-19-9-3-6-16(13-19)12-18-8-5-11-21-23(17-7-4-10-20(14-17)29-2)22(15-26)25(27)30-24(18)21/h3-4,6-7,9-10,12-14,23H,5,8,11,27H2,1-2H3/b18-12-/t23-/m1/s1. The van der Waals surface area contributed by atoms with Gasteiger partial charge in [-0.15, -0.1) is 0 Å². The van der Waals surface area contributed by atoms with Gasteiger partial charge in [-0.05, 0) is 71.9 Å². The number of ether oxygens (including phenoxy) is 3. The van der Waals surface area contributed by atoms with Gasteiger partial charge in [0.15, 0.2) is 0 Å². The zero-order valence-electron chi connectivity index (χ0n) is 17.1. The zero-order valence-corrected chi connectivity index (χ0v) is 17.1. The van der Waals surface area contributed by atoms with Gasteiger partial charge in [0.2, 0.25) is 5.88 Å². The lowest BCUT2D eigenvalue weighted by Gasteiger charge is -2.33. The molecular weight excluding hydrogens is 376 g/mol. The molecule has 0 spiro atoms. The Bertz CT molecular complexity index is 1110. The third kappa shape index (κ3) is 3.65. The Labute approximate surface area is 176 Å². The first-order valence-corrected chi connectivity index (χ1v) is 9.94. The fraction of sp³-hybridized carbons (Fsp3) is 0.240. The molecule has 30 heavy (non-hydrogen) atoms. The minimum Gasteiger partial charge on any atom is -0.497 e. The molecule has 1 aliphatic carbocycles. The molecule has 0 unspecified atom stereocenters. The molecule has 4 rings (SSSR count). The average molecular weight is 400 g/mol. The molecule has 2 N–H and O–H groups in total. The Morgan fingerprint density at radius 1 is 1.07 bits per heavy atom. The van der Waals surface area contributed by atoms with Crippen LogP contribution in [-0.2, 0) is 4.74 Å². The molecule has 1 heterocycles. The van der Waals surface area contributed by atoms with Crippen LogP contribution in [0.3, 0.4) is 0 Å². The number of nitrogens with zero attached hydrogens (tertiary/aromatic N) is 1. The molecule has 1 aliphatic heterocycles. The number of rotatable bonds is 4. The van der Waals surface area contributed by atoms with E-state index in [0.29, 0.717) is 5.57 Å². The van der Waals surface area contributed by atoms with Crippen molar-refractivity contribution in [3.63, 3.8) is 0 Å². The van der Waals surface area contributed by atoms with Crippen LogP contribution in [0, 0.1) is 11.3 Å². The van der Waals surface area contributed by atoms with Crippen molar-refractivity contribution >= 4 is 6.08 Å². The molecule has 0 saturated carbocycles. The van der Waals surface area contributed by atoms with E-state index in [-0.39, 0.29) is 11.8 Å². The first-order chi connectivity index (χ1) is 14.6. The lowest BCUT2D eigenvalue weighted by molar-refractivity contribution is 0.277.